The van der Waals surface area contributed by atoms with E-state index in [4.69, 9.17) is 9.47 Å². The zero-order valence-electron chi connectivity index (χ0n) is 19.9. The molecule has 0 spiro atoms. The molecule has 0 aliphatic carbocycles. The second-order valence-corrected chi connectivity index (χ2v) is 10.0. The number of imide groups is 1. The van der Waals surface area contributed by atoms with Crippen LogP contribution in [0.15, 0.2) is 48.5 Å². The average molecular weight is 461 g/mol. The smallest absolute Gasteiger partial charge is 0.240 e. The Hall–Kier alpha value is -3.61. The maximum Gasteiger partial charge on any atom is 0.240 e. The number of fused-ring (bicyclic) bond motifs is 5. The topological polar surface area (TPSA) is 76.2 Å². The molecule has 0 unspecified atom stereocenters. The fraction of sp³-hybridized carbons (Fsp3) is 0.370. The highest BCUT2D eigenvalue weighted by Gasteiger charge is 2.65. The molecule has 3 aliphatic rings. The van der Waals surface area contributed by atoms with Crippen LogP contribution in [0.4, 0.5) is 11.4 Å². The number of carbonyl (C=O) groups is 3. The van der Waals surface area contributed by atoms with Crippen LogP contribution >= 0.6 is 0 Å². The molecule has 0 radical (unpaired) electrons. The Labute approximate surface area is 198 Å². The number of anilines is 2. The van der Waals surface area contributed by atoms with Crippen molar-refractivity contribution in [3.63, 3.8) is 0 Å². The lowest BCUT2D eigenvalue weighted by Crippen LogP contribution is -2.51. The number of Topliss-reactive ketones (excluding diaryl/α,β-unsaturated/α-hetero) is 1. The van der Waals surface area contributed by atoms with Gasteiger partial charge in [0.05, 0.1) is 37.8 Å². The number of benzene rings is 2. The lowest BCUT2D eigenvalue weighted by Gasteiger charge is -2.38. The standard InChI is InChI=1S/C27H28N2O5/c1-27(2,3)24(30)23-22-21(20-12-6-15-14-18(34-5)11-13-19(15)29(20)23)25(31)28(26(22)32)16-7-9-17(33-4)10-8-16/h6-14,20-23H,1-5H3/t20-,21+,22+,23+/m1/s1. The van der Waals surface area contributed by atoms with E-state index in [2.05, 4.69) is 0 Å². The van der Waals surface area contributed by atoms with Crippen LogP contribution in [0.1, 0.15) is 26.3 Å². The fourth-order valence-corrected chi connectivity index (χ4v) is 5.41. The highest BCUT2D eigenvalue weighted by molar-refractivity contribution is 6.25. The lowest BCUT2D eigenvalue weighted by atomic mass is 9.79. The molecule has 0 aromatic heterocycles. The summed E-state index contributed by atoms with van der Waals surface area (Å²) in [7, 11) is 3.17. The third kappa shape index (κ3) is 3.14. The van der Waals surface area contributed by atoms with E-state index >= 15 is 0 Å². The van der Waals surface area contributed by atoms with Gasteiger partial charge in [-0.25, -0.2) is 4.90 Å². The molecule has 2 fully saturated rings. The van der Waals surface area contributed by atoms with E-state index in [-0.39, 0.29) is 23.6 Å². The van der Waals surface area contributed by atoms with Crippen molar-refractivity contribution in [2.75, 3.05) is 24.0 Å². The van der Waals surface area contributed by atoms with Gasteiger partial charge in [-0.2, -0.15) is 0 Å². The first-order valence-corrected chi connectivity index (χ1v) is 11.4. The summed E-state index contributed by atoms with van der Waals surface area (Å²) in [5.74, 6) is -0.724. The molecule has 34 heavy (non-hydrogen) atoms. The van der Waals surface area contributed by atoms with Crippen molar-refractivity contribution < 1.29 is 23.9 Å². The Morgan fingerprint density at radius 1 is 0.882 bits per heavy atom. The molecule has 4 atom stereocenters. The largest absolute Gasteiger partial charge is 0.497 e. The van der Waals surface area contributed by atoms with Gasteiger partial charge in [0.25, 0.3) is 0 Å². The summed E-state index contributed by atoms with van der Waals surface area (Å²) in [5, 5.41) is 0. The first-order valence-electron chi connectivity index (χ1n) is 11.4. The minimum atomic E-state index is -0.760. The molecule has 3 heterocycles. The zero-order chi connectivity index (χ0) is 24.4. The number of amides is 2. The molecule has 5 rings (SSSR count). The SMILES string of the molecule is COc1ccc(N2C(=O)[C@@H]3[C@H](C2=O)[C@@H](C(=O)C(C)(C)C)N2c4ccc(OC)cc4C=C[C@H]32)cc1. The molecule has 7 heteroatoms. The number of ketones is 1. The van der Waals surface area contributed by atoms with Crippen molar-refractivity contribution >= 4 is 35.0 Å². The van der Waals surface area contributed by atoms with E-state index in [0.29, 0.717) is 17.2 Å². The number of nitrogens with zero attached hydrogens (tertiary/aromatic N) is 2. The van der Waals surface area contributed by atoms with Gasteiger partial charge in [0.1, 0.15) is 17.5 Å². The van der Waals surface area contributed by atoms with Gasteiger partial charge in [0.15, 0.2) is 5.78 Å². The van der Waals surface area contributed by atoms with Gasteiger partial charge in [0, 0.05) is 16.7 Å². The molecule has 2 amide bonds. The van der Waals surface area contributed by atoms with Crippen LogP contribution in [-0.4, -0.2) is 43.9 Å². The fourth-order valence-electron chi connectivity index (χ4n) is 5.41. The van der Waals surface area contributed by atoms with Gasteiger partial charge in [-0.1, -0.05) is 32.9 Å². The van der Waals surface area contributed by atoms with Gasteiger partial charge in [-0.15, -0.1) is 0 Å². The van der Waals surface area contributed by atoms with E-state index in [1.165, 1.54) is 4.90 Å². The highest BCUT2D eigenvalue weighted by atomic mass is 16.5. The number of carbonyl (C=O) groups excluding carboxylic acids is 3. The van der Waals surface area contributed by atoms with Gasteiger partial charge in [-0.3, -0.25) is 14.4 Å². The highest BCUT2D eigenvalue weighted by Crippen LogP contribution is 2.51. The van der Waals surface area contributed by atoms with E-state index in [1.807, 2.05) is 56.0 Å². The number of rotatable bonds is 4. The second-order valence-electron chi connectivity index (χ2n) is 10.0. The first-order chi connectivity index (χ1) is 16.2. The third-order valence-electron chi connectivity index (χ3n) is 7.05. The molecule has 0 N–H and O–H groups in total. The van der Waals surface area contributed by atoms with Crippen LogP contribution in [0, 0.1) is 17.3 Å². The Bertz CT molecular complexity index is 1210. The maximum absolute atomic E-state index is 13.8. The number of hydrogen-bond donors (Lipinski definition) is 0. The normalized spacial score (nSPS) is 25.2. The summed E-state index contributed by atoms with van der Waals surface area (Å²) in [6.45, 7) is 5.57. The first kappa shape index (κ1) is 22.2. The summed E-state index contributed by atoms with van der Waals surface area (Å²) >= 11 is 0. The van der Waals surface area contributed by atoms with E-state index in [0.717, 1.165) is 11.3 Å². The summed E-state index contributed by atoms with van der Waals surface area (Å²) < 4.78 is 10.6. The molecular formula is C27H28N2O5. The molecule has 2 aromatic rings. The summed E-state index contributed by atoms with van der Waals surface area (Å²) in [6.07, 6.45) is 3.89. The summed E-state index contributed by atoms with van der Waals surface area (Å²) in [6, 6.07) is 11.4. The van der Waals surface area contributed by atoms with E-state index < -0.39 is 23.3 Å². The van der Waals surface area contributed by atoms with E-state index in [1.54, 1.807) is 38.5 Å². The lowest BCUT2D eigenvalue weighted by molar-refractivity contribution is -0.132. The maximum atomic E-state index is 13.8. The minimum absolute atomic E-state index is 0.0557. The monoisotopic (exact) mass is 460 g/mol. The summed E-state index contributed by atoms with van der Waals surface area (Å²) in [4.78, 5) is 44.5. The Morgan fingerprint density at radius 2 is 1.50 bits per heavy atom. The predicted molar refractivity (Wildman–Crippen MR) is 129 cm³/mol. The average Bonchev–Trinajstić information content (AvgIpc) is 3.30. The summed E-state index contributed by atoms with van der Waals surface area (Å²) in [5.41, 5.74) is 1.54. The quantitative estimate of drug-likeness (QED) is 0.648. The van der Waals surface area contributed by atoms with Crippen LogP contribution in [0.3, 0.4) is 0 Å². The molecule has 0 saturated carbocycles. The van der Waals surface area contributed by atoms with Crippen molar-refractivity contribution in [1.29, 1.82) is 0 Å². The van der Waals surface area contributed by atoms with Gasteiger partial charge in [-0.05, 0) is 42.5 Å². The predicted octanol–water partition coefficient (Wildman–Crippen LogP) is 3.71. The van der Waals surface area contributed by atoms with Crippen LogP contribution in [-0.2, 0) is 14.4 Å². The van der Waals surface area contributed by atoms with Crippen molar-refractivity contribution in [2.24, 2.45) is 17.3 Å². The molecule has 0 bridgehead atoms. The molecule has 2 saturated heterocycles. The molecule has 7 nitrogen and oxygen atoms in total. The van der Waals surface area contributed by atoms with E-state index in [9.17, 15) is 14.4 Å². The van der Waals surface area contributed by atoms with Crippen LogP contribution in [0.25, 0.3) is 6.08 Å². The number of methoxy groups -OCH3 is 2. The van der Waals surface area contributed by atoms with Gasteiger partial charge >= 0.3 is 0 Å². The number of hydrogen-bond acceptors (Lipinski definition) is 6. The van der Waals surface area contributed by atoms with Crippen molar-refractivity contribution in [1.82, 2.24) is 0 Å². The molecule has 176 valence electrons. The van der Waals surface area contributed by atoms with Gasteiger partial charge < -0.3 is 14.4 Å². The van der Waals surface area contributed by atoms with Crippen molar-refractivity contribution in [3.05, 3.63) is 54.1 Å². The zero-order valence-corrected chi connectivity index (χ0v) is 19.9. The second kappa shape index (κ2) is 7.72. The molecular weight excluding hydrogens is 432 g/mol. The Kier molecular flexibility index (Phi) is 5.04. The van der Waals surface area contributed by atoms with Crippen molar-refractivity contribution in [2.45, 2.75) is 32.9 Å². The number of ether oxygens (including phenoxy) is 2. The third-order valence-corrected chi connectivity index (χ3v) is 7.05. The van der Waals surface area contributed by atoms with Crippen LogP contribution < -0.4 is 19.3 Å². The Morgan fingerprint density at radius 3 is 2.12 bits per heavy atom. The van der Waals surface area contributed by atoms with Gasteiger partial charge in [0.2, 0.25) is 11.8 Å². The van der Waals surface area contributed by atoms with Crippen LogP contribution in [0.5, 0.6) is 11.5 Å². The Balaban J connectivity index is 1.62. The molecule has 3 aliphatic heterocycles. The minimum Gasteiger partial charge on any atom is -0.497 e. The van der Waals surface area contributed by atoms with Crippen LogP contribution in [0.2, 0.25) is 0 Å². The van der Waals surface area contributed by atoms with Crippen molar-refractivity contribution in [3.8, 4) is 11.5 Å². The molecule has 2 aromatic carbocycles.